The Kier molecular flexibility index (Phi) is 5.80. The van der Waals surface area contributed by atoms with Crippen LogP contribution in [0.4, 0.5) is 11.6 Å². The highest BCUT2D eigenvalue weighted by Gasteiger charge is 2.09. The molecule has 0 saturated heterocycles. The Morgan fingerprint density at radius 3 is 1.70 bits per heavy atom. The van der Waals surface area contributed by atoms with Gasteiger partial charge >= 0.3 is 0 Å². The topological polar surface area (TPSA) is 84.0 Å². The molecule has 0 spiro atoms. The summed E-state index contributed by atoms with van der Waals surface area (Å²) in [5.41, 5.74) is 1.81. The highest BCUT2D eigenvalue weighted by atomic mass is 16.2. The van der Waals surface area contributed by atoms with E-state index in [0.29, 0.717) is 18.1 Å². The largest absolute Gasteiger partial charge is 0.310 e. The van der Waals surface area contributed by atoms with Crippen LogP contribution in [0.1, 0.15) is 30.4 Å². The Morgan fingerprint density at radius 2 is 1.30 bits per heavy atom. The van der Waals surface area contributed by atoms with Gasteiger partial charge in [0.2, 0.25) is 11.8 Å². The lowest BCUT2D eigenvalue weighted by Gasteiger charge is -2.08. The van der Waals surface area contributed by atoms with Crippen molar-refractivity contribution >= 4 is 23.5 Å². The lowest BCUT2D eigenvalue weighted by molar-refractivity contribution is -0.117. The number of aryl methyl sites for hydroxylation is 2. The summed E-state index contributed by atoms with van der Waals surface area (Å²) in [6.45, 7) is 3.76. The molecular weight excluding hydrogens is 292 g/mol. The van der Waals surface area contributed by atoms with Crippen LogP contribution in [-0.2, 0) is 9.59 Å². The predicted molar refractivity (Wildman–Crippen MR) is 89.1 cm³/mol. The van der Waals surface area contributed by atoms with Gasteiger partial charge in [0.1, 0.15) is 11.6 Å². The van der Waals surface area contributed by atoms with Crippen LogP contribution in [0, 0.1) is 13.8 Å². The molecule has 2 rings (SSSR count). The van der Waals surface area contributed by atoms with Crippen LogP contribution in [-0.4, -0.2) is 21.8 Å². The van der Waals surface area contributed by atoms with E-state index in [0.717, 1.165) is 11.1 Å². The zero-order valence-corrected chi connectivity index (χ0v) is 13.3. The minimum absolute atomic E-state index is 0.145. The Labute approximate surface area is 135 Å². The highest BCUT2D eigenvalue weighted by molar-refractivity contribution is 5.92. The third-order valence-corrected chi connectivity index (χ3v) is 3.34. The number of carbonyl (C=O) groups is 2. The molecule has 6 nitrogen and oxygen atoms in total. The van der Waals surface area contributed by atoms with Crippen LogP contribution in [0.15, 0.2) is 36.7 Å². The fourth-order valence-corrected chi connectivity index (χ4v) is 2.03. The summed E-state index contributed by atoms with van der Waals surface area (Å²) in [6, 6.07) is 7.39. The number of hydrogen-bond donors (Lipinski definition) is 2. The van der Waals surface area contributed by atoms with Crippen LogP contribution >= 0.6 is 0 Å². The number of nitrogens with one attached hydrogen (secondary N) is 2. The molecule has 0 aliphatic heterocycles. The fraction of sp³-hybridized carbons (Fsp3) is 0.294. The molecule has 0 bridgehead atoms. The van der Waals surface area contributed by atoms with Crippen molar-refractivity contribution in [2.75, 3.05) is 10.6 Å². The van der Waals surface area contributed by atoms with Crippen molar-refractivity contribution in [3.05, 3.63) is 47.8 Å². The van der Waals surface area contributed by atoms with E-state index in [1.54, 1.807) is 12.4 Å². The quantitative estimate of drug-likeness (QED) is 0.859. The van der Waals surface area contributed by atoms with Crippen LogP contribution < -0.4 is 10.6 Å². The van der Waals surface area contributed by atoms with Gasteiger partial charge in [0.05, 0.1) is 0 Å². The second-order valence-electron chi connectivity index (χ2n) is 5.29. The Balaban J connectivity index is 1.74. The average Bonchev–Trinajstić information content (AvgIpc) is 2.52. The number of aromatic nitrogens is 2. The minimum Gasteiger partial charge on any atom is -0.310 e. The molecule has 2 aromatic heterocycles. The number of anilines is 2. The number of hydrogen-bond acceptors (Lipinski definition) is 4. The van der Waals surface area contributed by atoms with Crippen molar-refractivity contribution in [1.29, 1.82) is 0 Å². The smallest absolute Gasteiger partial charge is 0.225 e. The van der Waals surface area contributed by atoms with E-state index in [1.807, 2.05) is 38.1 Å². The number of amides is 2. The molecule has 0 unspecified atom stereocenters. The van der Waals surface area contributed by atoms with Crippen molar-refractivity contribution in [2.24, 2.45) is 0 Å². The molecule has 6 heteroatoms. The molecule has 120 valence electrons. The van der Waals surface area contributed by atoms with Crippen LogP contribution in [0.5, 0.6) is 0 Å². The van der Waals surface area contributed by atoms with Crippen molar-refractivity contribution in [3.8, 4) is 0 Å². The van der Waals surface area contributed by atoms with Gasteiger partial charge < -0.3 is 10.6 Å². The zero-order valence-electron chi connectivity index (χ0n) is 13.3. The molecule has 2 heterocycles. The van der Waals surface area contributed by atoms with E-state index in [1.165, 1.54) is 0 Å². The summed E-state index contributed by atoms with van der Waals surface area (Å²) < 4.78 is 0. The molecule has 0 aromatic carbocycles. The molecule has 2 amide bonds. The maximum absolute atomic E-state index is 11.9. The van der Waals surface area contributed by atoms with Crippen molar-refractivity contribution in [3.63, 3.8) is 0 Å². The second kappa shape index (κ2) is 8.03. The van der Waals surface area contributed by atoms with E-state index in [9.17, 15) is 9.59 Å². The fourth-order valence-electron chi connectivity index (χ4n) is 2.03. The van der Waals surface area contributed by atoms with Gasteiger partial charge in [0.25, 0.3) is 0 Å². The number of carbonyl (C=O) groups excluding carboxylic acids is 2. The summed E-state index contributed by atoms with van der Waals surface area (Å²) in [4.78, 5) is 31.9. The minimum atomic E-state index is -0.145. The zero-order chi connectivity index (χ0) is 16.7. The predicted octanol–water partition coefficient (Wildman–Crippen LogP) is 2.84. The van der Waals surface area contributed by atoms with Gasteiger partial charge in [0.15, 0.2) is 0 Å². The second-order valence-corrected chi connectivity index (χ2v) is 5.29. The lowest BCUT2D eigenvalue weighted by Crippen LogP contribution is -2.16. The lowest BCUT2D eigenvalue weighted by atomic mass is 10.2. The first-order valence-corrected chi connectivity index (χ1v) is 7.49. The highest BCUT2D eigenvalue weighted by Crippen LogP contribution is 2.12. The molecular formula is C17H20N4O2. The number of nitrogens with zero attached hydrogens (tertiary/aromatic N) is 2. The van der Waals surface area contributed by atoms with Crippen molar-refractivity contribution in [1.82, 2.24) is 9.97 Å². The molecule has 0 aliphatic carbocycles. The van der Waals surface area contributed by atoms with Crippen LogP contribution in [0.2, 0.25) is 0 Å². The summed E-state index contributed by atoms with van der Waals surface area (Å²) in [7, 11) is 0. The summed E-state index contributed by atoms with van der Waals surface area (Å²) in [6.07, 6.45) is 4.27. The maximum atomic E-state index is 11.9. The third-order valence-electron chi connectivity index (χ3n) is 3.34. The number of pyridine rings is 2. The van der Waals surface area contributed by atoms with Gasteiger partial charge in [-0.25, -0.2) is 9.97 Å². The van der Waals surface area contributed by atoms with Gasteiger partial charge in [-0.3, -0.25) is 9.59 Å². The Morgan fingerprint density at radius 1 is 0.870 bits per heavy atom. The van der Waals surface area contributed by atoms with E-state index in [-0.39, 0.29) is 24.7 Å². The van der Waals surface area contributed by atoms with Gasteiger partial charge in [-0.1, -0.05) is 12.1 Å². The van der Waals surface area contributed by atoms with E-state index >= 15 is 0 Å². The van der Waals surface area contributed by atoms with Gasteiger partial charge in [-0.05, 0) is 43.5 Å². The Hall–Kier alpha value is -2.76. The monoisotopic (exact) mass is 312 g/mol. The first-order valence-electron chi connectivity index (χ1n) is 7.49. The van der Waals surface area contributed by atoms with E-state index < -0.39 is 0 Å². The van der Waals surface area contributed by atoms with Gasteiger partial charge in [-0.2, -0.15) is 0 Å². The van der Waals surface area contributed by atoms with E-state index in [2.05, 4.69) is 20.6 Å². The summed E-state index contributed by atoms with van der Waals surface area (Å²) in [5.74, 6) is 0.833. The maximum Gasteiger partial charge on any atom is 0.225 e. The Bertz CT molecular complexity index is 641. The molecule has 0 fully saturated rings. The molecule has 0 radical (unpaired) electrons. The first kappa shape index (κ1) is 16.6. The SMILES string of the molecule is Cc1cccnc1NC(=O)CCCC(=O)Nc1ncccc1C. The normalized spacial score (nSPS) is 10.2. The average molecular weight is 312 g/mol. The molecule has 0 aliphatic rings. The van der Waals surface area contributed by atoms with Gasteiger partial charge in [0, 0.05) is 25.2 Å². The van der Waals surface area contributed by atoms with Gasteiger partial charge in [-0.15, -0.1) is 0 Å². The number of rotatable bonds is 6. The molecule has 23 heavy (non-hydrogen) atoms. The van der Waals surface area contributed by atoms with Crippen molar-refractivity contribution < 1.29 is 9.59 Å². The summed E-state index contributed by atoms with van der Waals surface area (Å²) in [5, 5.41) is 5.50. The third kappa shape index (κ3) is 5.18. The standard InChI is InChI=1S/C17H20N4O2/c1-12-6-4-10-18-16(12)20-14(22)8-3-9-15(23)21-17-13(2)7-5-11-19-17/h4-7,10-11H,3,8-9H2,1-2H3,(H,18,20,22)(H,19,21,23). The molecule has 2 N–H and O–H groups in total. The van der Waals surface area contributed by atoms with Crippen molar-refractivity contribution in [2.45, 2.75) is 33.1 Å². The first-order chi connectivity index (χ1) is 11.1. The molecule has 0 atom stereocenters. The van der Waals surface area contributed by atoms with Crippen LogP contribution in [0.25, 0.3) is 0 Å². The van der Waals surface area contributed by atoms with Crippen LogP contribution in [0.3, 0.4) is 0 Å². The summed E-state index contributed by atoms with van der Waals surface area (Å²) >= 11 is 0. The molecule has 2 aromatic rings. The van der Waals surface area contributed by atoms with E-state index in [4.69, 9.17) is 0 Å². The molecule has 0 saturated carbocycles.